The number of Topliss-reactive ketones (excluding diaryl/α,β-unsaturated/α-hetero) is 1. The summed E-state index contributed by atoms with van der Waals surface area (Å²) in [6, 6.07) is 16.7. The van der Waals surface area contributed by atoms with Crippen LogP contribution in [0.3, 0.4) is 0 Å². The van der Waals surface area contributed by atoms with E-state index in [1.165, 1.54) is 6.92 Å². The Morgan fingerprint density at radius 2 is 1.96 bits per heavy atom. The summed E-state index contributed by atoms with van der Waals surface area (Å²) in [6.07, 6.45) is 1.85. The first-order valence-electron chi connectivity index (χ1n) is 7.97. The van der Waals surface area contributed by atoms with E-state index in [-0.39, 0.29) is 5.78 Å². The van der Waals surface area contributed by atoms with Crippen LogP contribution in [0.5, 0.6) is 0 Å². The van der Waals surface area contributed by atoms with E-state index in [1.807, 2.05) is 42.6 Å². The minimum atomic E-state index is 0.00541. The van der Waals surface area contributed by atoms with E-state index in [2.05, 4.69) is 15.7 Å². The van der Waals surface area contributed by atoms with Crippen LogP contribution in [0.2, 0.25) is 5.02 Å². The van der Waals surface area contributed by atoms with E-state index in [4.69, 9.17) is 23.8 Å². The summed E-state index contributed by atoms with van der Waals surface area (Å²) >= 11 is 11.5. The van der Waals surface area contributed by atoms with Gasteiger partial charge in [-0.2, -0.15) is 5.10 Å². The zero-order valence-corrected chi connectivity index (χ0v) is 15.6. The van der Waals surface area contributed by atoms with Crippen LogP contribution < -0.4 is 10.6 Å². The van der Waals surface area contributed by atoms with Crippen molar-refractivity contribution in [2.24, 2.45) is 0 Å². The zero-order chi connectivity index (χ0) is 18.5. The smallest absolute Gasteiger partial charge is 0.176 e. The average Bonchev–Trinajstić information content (AvgIpc) is 3.04. The first kappa shape index (κ1) is 18.1. The summed E-state index contributed by atoms with van der Waals surface area (Å²) in [7, 11) is 0. The Morgan fingerprint density at radius 1 is 1.15 bits per heavy atom. The van der Waals surface area contributed by atoms with Gasteiger partial charge in [-0.05, 0) is 42.9 Å². The lowest BCUT2D eigenvalue weighted by molar-refractivity contribution is 0.101. The Kier molecular flexibility index (Phi) is 5.65. The van der Waals surface area contributed by atoms with Crippen LogP contribution >= 0.6 is 23.8 Å². The highest BCUT2D eigenvalue weighted by Gasteiger charge is 2.06. The van der Waals surface area contributed by atoms with Gasteiger partial charge in [0.05, 0.1) is 6.54 Å². The molecule has 5 nitrogen and oxygen atoms in total. The minimum Gasteiger partial charge on any atom is -0.332 e. The maximum Gasteiger partial charge on any atom is 0.176 e. The molecule has 2 N–H and O–H groups in total. The summed E-state index contributed by atoms with van der Waals surface area (Å²) in [6.45, 7) is 2.10. The highest BCUT2D eigenvalue weighted by molar-refractivity contribution is 7.80. The fraction of sp³-hybridized carbons (Fsp3) is 0.105. The number of benzene rings is 2. The van der Waals surface area contributed by atoms with Gasteiger partial charge in [0.1, 0.15) is 0 Å². The van der Waals surface area contributed by atoms with E-state index in [9.17, 15) is 4.79 Å². The number of anilines is 2. The molecule has 3 aromatic rings. The third-order valence-electron chi connectivity index (χ3n) is 3.70. The number of nitrogens with one attached hydrogen (secondary N) is 2. The molecule has 2 aromatic carbocycles. The van der Waals surface area contributed by atoms with Gasteiger partial charge in [-0.3, -0.25) is 9.48 Å². The molecule has 1 heterocycles. The Bertz CT molecular complexity index is 954. The molecule has 0 spiro atoms. The van der Waals surface area contributed by atoms with E-state index < -0.39 is 0 Å². The Labute approximate surface area is 162 Å². The second-order valence-electron chi connectivity index (χ2n) is 5.71. The summed E-state index contributed by atoms with van der Waals surface area (Å²) in [5.41, 5.74) is 2.36. The first-order chi connectivity index (χ1) is 12.5. The van der Waals surface area contributed by atoms with E-state index in [0.717, 1.165) is 11.3 Å². The van der Waals surface area contributed by atoms with Crippen molar-refractivity contribution < 1.29 is 4.79 Å². The van der Waals surface area contributed by atoms with Gasteiger partial charge in [0, 0.05) is 28.5 Å². The maximum absolute atomic E-state index is 11.5. The molecule has 0 saturated heterocycles. The molecule has 1 aromatic heterocycles. The van der Waals surface area contributed by atoms with Crippen molar-refractivity contribution in [1.82, 2.24) is 9.78 Å². The van der Waals surface area contributed by atoms with Crippen LogP contribution in [-0.4, -0.2) is 20.7 Å². The number of thiocarbonyl (C=S) groups is 1. The van der Waals surface area contributed by atoms with E-state index in [1.54, 1.807) is 22.9 Å². The molecule has 7 heteroatoms. The van der Waals surface area contributed by atoms with Crippen molar-refractivity contribution in [3.8, 4) is 0 Å². The molecule has 3 rings (SSSR count). The summed E-state index contributed by atoms with van der Waals surface area (Å²) < 4.78 is 1.78. The second kappa shape index (κ2) is 8.12. The molecule has 0 aliphatic heterocycles. The van der Waals surface area contributed by atoms with Gasteiger partial charge in [0.2, 0.25) is 0 Å². The molecule has 26 heavy (non-hydrogen) atoms. The van der Waals surface area contributed by atoms with Gasteiger partial charge < -0.3 is 10.6 Å². The fourth-order valence-electron chi connectivity index (χ4n) is 2.41. The van der Waals surface area contributed by atoms with Gasteiger partial charge in [-0.1, -0.05) is 41.9 Å². The van der Waals surface area contributed by atoms with Crippen LogP contribution in [0.25, 0.3) is 0 Å². The first-order valence-corrected chi connectivity index (χ1v) is 8.76. The maximum atomic E-state index is 11.5. The third-order valence-corrected chi connectivity index (χ3v) is 4.27. The van der Waals surface area contributed by atoms with Crippen LogP contribution in [-0.2, 0) is 6.54 Å². The Hall–Kier alpha value is -2.70. The molecule has 0 radical (unpaired) electrons. The van der Waals surface area contributed by atoms with Gasteiger partial charge in [-0.15, -0.1) is 0 Å². The summed E-state index contributed by atoms with van der Waals surface area (Å²) in [5, 5.41) is 11.6. The SMILES string of the molecule is CC(=O)c1cccc(NC(=S)Nc2ccn(Cc3ccccc3Cl)n2)c1. The predicted molar refractivity (Wildman–Crippen MR) is 109 cm³/mol. The van der Waals surface area contributed by atoms with Gasteiger partial charge in [0.15, 0.2) is 16.7 Å². The topological polar surface area (TPSA) is 59.0 Å². The number of rotatable bonds is 5. The van der Waals surface area contributed by atoms with Crippen LogP contribution in [0.4, 0.5) is 11.5 Å². The van der Waals surface area contributed by atoms with Gasteiger partial charge >= 0.3 is 0 Å². The molecule has 0 fully saturated rings. The Morgan fingerprint density at radius 3 is 2.73 bits per heavy atom. The Balaban J connectivity index is 1.62. The number of halogens is 1. The number of nitrogens with zero attached hydrogens (tertiary/aromatic N) is 2. The highest BCUT2D eigenvalue weighted by Crippen LogP contribution is 2.17. The minimum absolute atomic E-state index is 0.00541. The van der Waals surface area contributed by atoms with Crippen molar-refractivity contribution in [2.75, 3.05) is 10.6 Å². The summed E-state index contributed by atoms with van der Waals surface area (Å²) in [4.78, 5) is 11.5. The molecular formula is C19H17ClN4OS. The molecule has 132 valence electrons. The number of carbonyl (C=O) groups is 1. The lowest BCUT2D eigenvalue weighted by Gasteiger charge is -2.09. The molecular weight excluding hydrogens is 368 g/mol. The second-order valence-corrected chi connectivity index (χ2v) is 6.52. The molecule has 0 aliphatic rings. The third kappa shape index (κ3) is 4.68. The largest absolute Gasteiger partial charge is 0.332 e. The monoisotopic (exact) mass is 384 g/mol. The van der Waals surface area contributed by atoms with Crippen molar-refractivity contribution >= 4 is 46.2 Å². The van der Waals surface area contributed by atoms with Gasteiger partial charge in [0.25, 0.3) is 0 Å². The summed E-state index contributed by atoms with van der Waals surface area (Å²) in [5.74, 6) is 0.628. The standard InChI is InChI=1S/C19H17ClN4OS/c1-13(25)14-6-4-7-16(11-14)21-19(26)22-18-9-10-24(23-18)12-15-5-2-3-8-17(15)20/h2-11H,12H2,1H3,(H2,21,22,23,26). The quantitative estimate of drug-likeness (QED) is 0.497. The van der Waals surface area contributed by atoms with Gasteiger partial charge in [-0.25, -0.2) is 0 Å². The normalized spacial score (nSPS) is 10.4. The van der Waals surface area contributed by atoms with Crippen LogP contribution in [0.15, 0.2) is 60.8 Å². The number of hydrogen-bond donors (Lipinski definition) is 2. The van der Waals surface area contributed by atoms with Crippen molar-refractivity contribution in [3.05, 3.63) is 76.9 Å². The molecule has 0 saturated carbocycles. The van der Waals surface area contributed by atoms with Crippen LogP contribution in [0, 0.1) is 0 Å². The lowest BCUT2D eigenvalue weighted by Crippen LogP contribution is -2.19. The van der Waals surface area contributed by atoms with Crippen molar-refractivity contribution in [1.29, 1.82) is 0 Å². The zero-order valence-electron chi connectivity index (χ0n) is 14.1. The molecule has 0 aliphatic carbocycles. The highest BCUT2D eigenvalue weighted by atomic mass is 35.5. The lowest BCUT2D eigenvalue weighted by atomic mass is 10.1. The molecule has 0 unspecified atom stereocenters. The molecule has 0 atom stereocenters. The van der Waals surface area contributed by atoms with E-state index in [0.29, 0.717) is 28.1 Å². The fourth-order valence-corrected chi connectivity index (χ4v) is 2.83. The van der Waals surface area contributed by atoms with Crippen molar-refractivity contribution in [3.63, 3.8) is 0 Å². The number of carbonyl (C=O) groups excluding carboxylic acids is 1. The molecule has 0 amide bonds. The average molecular weight is 385 g/mol. The number of aromatic nitrogens is 2. The number of ketones is 1. The van der Waals surface area contributed by atoms with Crippen LogP contribution in [0.1, 0.15) is 22.8 Å². The predicted octanol–water partition coefficient (Wildman–Crippen LogP) is 4.60. The number of hydrogen-bond acceptors (Lipinski definition) is 3. The van der Waals surface area contributed by atoms with Crippen molar-refractivity contribution in [2.45, 2.75) is 13.5 Å². The molecule has 0 bridgehead atoms. The van der Waals surface area contributed by atoms with E-state index >= 15 is 0 Å².